The van der Waals surface area contributed by atoms with Gasteiger partial charge in [-0.05, 0) is 23.3 Å². The number of amides is 2. The summed E-state index contributed by atoms with van der Waals surface area (Å²) in [5, 5.41) is 12.0. The van der Waals surface area contributed by atoms with Crippen molar-refractivity contribution in [2.75, 3.05) is 13.6 Å². The molecule has 2 aromatic carbocycles. The monoisotopic (exact) mass is 376 g/mol. The van der Waals surface area contributed by atoms with Crippen molar-refractivity contribution in [2.45, 2.75) is 19.6 Å². The van der Waals surface area contributed by atoms with Gasteiger partial charge in [0.1, 0.15) is 12.4 Å². The predicted molar refractivity (Wildman–Crippen MR) is 99.3 cm³/mol. The van der Waals surface area contributed by atoms with E-state index in [9.17, 15) is 9.59 Å². The number of benzene rings is 2. The summed E-state index contributed by atoms with van der Waals surface area (Å²) in [6.07, 6.45) is -0.0911. The number of carbonyl (C=O) groups excluding carboxylic acids is 1. The molecule has 0 aliphatic rings. The van der Waals surface area contributed by atoms with Crippen molar-refractivity contribution in [3.63, 3.8) is 0 Å². The molecule has 26 heavy (non-hydrogen) atoms. The first kappa shape index (κ1) is 19.6. The number of nitrogens with zero attached hydrogens (tertiary/aromatic N) is 1. The molecule has 0 heterocycles. The Morgan fingerprint density at radius 1 is 1.12 bits per heavy atom. The molecule has 2 amide bonds. The summed E-state index contributed by atoms with van der Waals surface area (Å²) in [6, 6.07) is 14.5. The van der Waals surface area contributed by atoms with Gasteiger partial charge in [0, 0.05) is 20.1 Å². The number of halogens is 1. The molecule has 7 heteroatoms. The highest BCUT2D eigenvalue weighted by Gasteiger charge is 2.11. The number of ether oxygens (including phenoxy) is 1. The normalized spacial score (nSPS) is 10.2. The zero-order valence-electron chi connectivity index (χ0n) is 14.4. The van der Waals surface area contributed by atoms with Crippen LogP contribution >= 0.6 is 11.6 Å². The highest BCUT2D eigenvalue weighted by Crippen LogP contribution is 2.24. The second kappa shape index (κ2) is 9.68. The molecule has 0 aliphatic heterocycles. The molecule has 0 aromatic heterocycles. The summed E-state index contributed by atoms with van der Waals surface area (Å²) in [7, 11) is 1.56. The first-order valence-corrected chi connectivity index (χ1v) is 8.50. The van der Waals surface area contributed by atoms with Gasteiger partial charge in [-0.15, -0.1) is 0 Å². The van der Waals surface area contributed by atoms with Gasteiger partial charge in [0.15, 0.2) is 0 Å². The van der Waals surface area contributed by atoms with Gasteiger partial charge >= 0.3 is 12.0 Å². The lowest BCUT2D eigenvalue weighted by Crippen LogP contribution is -2.38. The van der Waals surface area contributed by atoms with Crippen LogP contribution in [0.2, 0.25) is 5.02 Å². The minimum absolute atomic E-state index is 0.0911. The van der Waals surface area contributed by atoms with E-state index < -0.39 is 5.97 Å². The highest BCUT2D eigenvalue weighted by atomic mass is 35.5. The Balaban J connectivity index is 1.93. The van der Waals surface area contributed by atoms with Gasteiger partial charge < -0.3 is 20.1 Å². The largest absolute Gasteiger partial charge is 0.487 e. The zero-order chi connectivity index (χ0) is 18.9. The Bertz CT molecular complexity index is 767. The summed E-state index contributed by atoms with van der Waals surface area (Å²) < 4.78 is 5.76. The van der Waals surface area contributed by atoms with Crippen molar-refractivity contribution < 1.29 is 19.4 Å². The quantitative estimate of drug-likeness (QED) is 0.738. The maximum atomic E-state index is 12.0. The standard InChI is InChI=1S/C19H21ClN2O4/c1-22(11-10-18(23)24)19(25)21-12-14-6-2-3-7-15(14)13-26-17-9-5-4-8-16(17)20/h2-9H,10-13H2,1H3,(H,21,25)(H,23,24). The average Bonchev–Trinajstić information content (AvgIpc) is 2.64. The van der Waals surface area contributed by atoms with Gasteiger partial charge in [-0.2, -0.15) is 0 Å². The fourth-order valence-electron chi connectivity index (χ4n) is 2.26. The van der Waals surface area contributed by atoms with E-state index in [1.807, 2.05) is 36.4 Å². The SMILES string of the molecule is CN(CCC(=O)O)C(=O)NCc1ccccc1COc1ccccc1Cl. The molecule has 2 N–H and O–H groups in total. The van der Waals surface area contributed by atoms with Crippen LogP contribution in [0, 0.1) is 0 Å². The van der Waals surface area contributed by atoms with Crippen molar-refractivity contribution >= 4 is 23.6 Å². The van der Waals surface area contributed by atoms with Crippen LogP contribution in [0.25, 0.3) is 0 Å². The van der Waals surface area contributed by atoms with Crippen LogP contribution in [0.5, 0.6) is 5.75 Å². The summed E-state index contributed by atoms with van der Waals surface area (Å²) in [5.74, 6) is -0.340. The van der Waals surface area contributed by atoms with Gasteiger partial charge in [-0.3, -0.25) is 4.79 Å². The fourth-order valence-corrected chi connectivity index (χ4v) is 2.45. The molecule has 0 saturated heterocycles. The third-order valence-corrected chi connectivity index (χ3v) is 4.09. The van der Waals surface area contributed by atoms with E-state index in [-0.39, 0.29) is 19.0 Å². The first-order chi connectivity index (χ1) is 12.5. The maximum absolute atomic E-state index is 12.0. The molecular weight excluding hydrogens is 356 g/mol. The van der Waals surface area contributed by atoms with E-state index in [4.69, 9.17) is 21.4 Å². The Hall–Kier alpha value is -2.73. The molecule has 0 radical (unpaired) electrons. The number of nitrogens with one attached hydrogen (secondary N) is 1. The van der Waals surface area contributed by atoms with Crippen molar-refractivity contribution in [1.82, 2.24) is 10.2 Å². The number of hydrogen-bond donors (Lipinski definition) is 2. The number of rotatable bonds is 8. The molecule has 138 valence electrons. The topological polar surface area (TPSA) is 78.9 Å². The van der Waals surface area contributed by atoms with Gasteiger partial charge in [0.05, 0.1) is 11.4 Å². The van der Waals surface area contributed by atoms with Gasteiger partial charge in [-0.1, -0.05) is 48.0 Å². The zero-order valence-corrected chi connectivity index (χ0v) is 15.2. The fraction of sp³-hybridized carbons (Fsp3) is 0.263. The van der Waals surface area contributed by atoms with Crippen LogP contribution in [0.3, 0.4) is 0 Å². The molecule has 0 atom stereocenters. The van der Waals surface area contributed by atoms with E-state index in [0.29, 0.717) is 23.9 Å². The number of carboxylic acid groups (broad SMARTS) is 1. The number of aliphatic carboxylic acids is 1. The summed E-state index contributed by atoms with van der Waals surface area (Å²) >= 11 is 6.09. The summed E-state index contributed by atoms with van der Waals surface area (Å²) in [5.41, 5.74) is 1.85. The van der Waals surface area contributed by atoms with Crippen LogP contribution < -0.4 is 10.1 Å². The smallest absolute Gasteiger partial charge is 0.317 e. The van der Waals surface area contributed by atoms with Crippen LogP contribution in [-0.4, -0.2) is 35.6 Å². The Kier molecular flexibility index (Phi) is 7.29. The first-order valence-electron chi connectivity index (χ1n) is 8.12. The molecule has 6 nitrogen and oxygen atoms in total. The highest BCUT2D eigenvalue weighted by molar-refractivity contribution is 6.32. The Morgan fingerprint density at radius 3 is 2.46 bits per heavy atom. The lowest BCUT2D eigenvalue weighted by molar-refractivity contribution is -0.137. The summed E-state index contributed by atoms with van der Waals surface area (Å²) in [6.45, 7) is 0.793. The molecule has 0 saturated carbocycles. The second-order valence-electron chi connectivity index (χ2n) is 5.71. The third kappa shape index (κ3) is 5.97. The molecule has 2 rings (SSSR count). The maximum Gasteiger partial charge on any atom is 0.317 e. The molecule has 0 fully saturated rings. The van der Waals surface area contributed by atoms with E-state index in [1.165, 1.54) is 4.90 Å². The van der Waals surface area contributed by atoms with Crippen molar-refractivity contribution in [3.05, 3.63) is 64.7 Å². The summed E-state index contributed by atoms with van der Waals surface area (Å²) in [4.78, 5) is 24.0. The molecule has 0 unspecified atom stereocenters. The van der Waals surface area contributed by atoms with E-state index in [2.05, 4.69) is 5.32 Å². The average molecular weight is 377 g/mol. The van der Waals surface area contributed by atoms with Crippen LogP contribution in [0.4, 0.5) is 4.79 Å². The molecule has 2 aromatic rings. The third-order valence-electron chi connectivity index (χ3n) is 3.78. The van der Waals surface area contributed by atoms with Gasteiger partial charge in [0.25, 0.3) is 0 Å². The van der Waals surface area contributed by atoms with Crippen molar-refractivity contribution in [3.8, 4) is 5.75 Å². The van der Waals surface area contributed by atoms with Crippen molar-refractivity contribution in [2.24, 2.45) is 0 Å². The predicted octanol–water partition coefficient (Wildman–Crippen LogP) is 3.54. The Labute approximate surface area is 157 Å². The Morgan fingerprint density at radius 2 is 1.77 bits per heavy atom. The van der Waals surface area contributed by atoms with Gasteiger partial charge in [-0.25, -0.2) is 4.79 Å². The number of para-hydroxylation sites is 1. The van der Waals surface area contributed by atoms with Crippen LogP contribution in [-0.2, 0) is 17.9 Å². The minimum atomic E-state index is -0.938. The number of hydrogen-bond acceptors (Lipinski definition) is 3. The molecular formula is C19H21ClN2O4. The molecule has 0 spiro atoms. The molecule has 0 aliphatic carbocycles. The van der Waals surface area contributed by atoms with E-state index in [0.717, 1.165) is 11.1 Å². The number of urea groups is 1. The number of carboxylic acids is 1. The van der Waals surface area contributed by atoms with E-state index in [1.54, 1.807) is 19.2 Å². The second-order valence-corrected chi connectivity index (χ2v) is 6.12. The van der Waals surface area contributed by atoms with E-state index >= 15 is 0 Å². The van der Waals surface area contributed by atoms with Crippen LogP contribution in [0.1, 0.15) is 17.5 Å². The minimum Gasteiger partial charge on any atom is -0.487 e. The lowest BCUT2D eigenvalue weighted by atomic mass is 10.1. The molecule has 0 bridgehead atoms. The van der Waals surface area contributed by atoms with Crippen LogP contribution in [0.15, 0.2) is 48.5 Å². The number of carbonyl (C=O) groups is 2. The van der Waals surface area contributed by atoms with Crippen molar-refractivity contribution in [1.29, 1.82) is 0 Å². The van der Waals surface area contributed by atoms with Gasteiger partial charge in [0.2, 0.25) is 0 Å². The lowest BCUT2D eigenvalue weighted by Gasteiger charge is -2.18.